The molecule has 0 unspecified atom stereocenters. The van der Waals surface area contributed by atoms with E-state index in [4.69, 9.17) is 14.7 Å². The van der Waals surface area contributed by atoms with Gasteiger partial charge < -0.3 is 14.5 Å². The van der Waals surface area contributed by atoms with Crippen LogP contribution in [-0.4, -0.2) is 47.8 Å². The number of fused-ring (bicyclic) bond motifs is 2. The maximum atomic E-state index is 14.1. The second-order valence-electron chi connectivity index (χ2n) is 9.95. The molecular formula is C28H28FN5O. The molecule has 0 radical (unpaired) electrons. The number of aromatic nitrogens is 3. The van der Waals surface area contributed by atoms with Crippen molar-refractivity contribution in [1.29, 1.82) is 0 Å². The molecule has 0 aliphatic carbocycles. The summed E-state index contributed by atoms with van der Waals surface area (Å²) in [6.07, 6.45) is 3.75. The van der Waals surface area contributed by atoms with E-state index in [9.17, 15) is 4.39 Å². The van der Waals surface area contributed by atoms with Crippen LogP contribution < -0.4 is 9.80 Å². The molecule has 6 nitrogen and oxygen atoms in total. The molecule has 3 aromatic heterocycles. The standard InChI is InChI=1S/C28H28FN5O/c1-18-24(19-6-4-7-20(29)14-19)32-27-22(8-5-9-30-27)25(18)34-17-28(2,3)26-23(34)15-21(16-31-26)33-10-12-35-13-11-33/h4-9,14-16H,10-13,17H2,1-3H3. The summed E-state index contributed by atoms with van der Waals surface area (Å²) in [7, 11) is 0. The van der Waals surface area contributed by atoms with Gasteiger partial charge >= 0.3 is 0 Å². The van der Waals surface area contributed by atoms with Gasteiger partial charge in [-0.25, -0.2) is 14.4 Å². The van der Waals surface area contributed by atoms with E-state index in [1.807, 2.05) is 18.3 Å². The molecule has 0 amide bonds. The van der Waals surface area contributed by atoms with Gasteiger partial charge in [0.2, 0.25) is 0 Å². The highest BCUT2D eigenvalue weighted by atomic mass is 19.1. The van der Waals surface area contributed by atoms with Gasteiger partial charge in [-0.2, -0.15) is 0 Å². The summed E-state index contributed by atoms with van der Waals surface area (Å²) in [5, 5.41) is 0.977. The highest BCUT2D eigenvalue weighted by Gasteiger charge is 2.39. The Kier molecular flexibility index (Phi) is 5.18. The second kappa shape index (κ2) is 8.27. The van der Waals surface area contributed by atoms with Gasteiger partial charge in [0.15, 0.2) is 5.65 Å². The Hall–Kier alpha value is -3.58. The van der Waals surface area contributed by atoms with Gasteiger partial charge in [0.1, 0.15) is 5.82 Å². The fourth-order valence-electron chi connectivity index (χ4n) is 5.36. The monoisotopic (exact) mass is 469 g/mol. The molecule has 1 fully saturated rings. The van der Waals surface area contributed by atoms with Crippen LogP contribution in [0.15, 0.2) is 54.9 Å². The first-order valence-electron chi connectivity index (χ1n) is 12.0. The Morgan fingerprint density at radius 2 is 1.86 bits per heavy atom. The van der Waals surface area contributed by atoms with Crippen LogP contribution in [0.1, 0.15) is 25.1 Å². The highest BCUT2D eigenvalue weighted by molar-refractivity contribution is 5.98. The molecule has 35 heavy (non-hydrogen) atoms. The normalized spacial score (nSPS) is 17.1. The fourth-order valence-corrected chi connectivity index (χ4v) is 5.36. The summed E-state index contributed by atoms with van der Waals surface area (Å²) in [5.41, 5.74) is 7.34. The fraction of sp³-hybridized carbons (Fsp3) is 0.321. The molecule has 178 valence electrons. The van der Waals surface area contributed by atoms with Crippen molar-refractivity contribution in [3.63, 3.8) is 0 Å². The number of nitrogens with zero attached hydrogens (tertiary/aromatic N) is 5. The lowest BCUT2D eigenvalue weighted by Gasteiger charge is -2.30. The van der Waals surface area contributed by atoms with Crippen LogP contribution in [0.3, 0.4) is 0 Å². The molecule has 0 N–H and O–H groups in total. The third-order valence-electron chi connectivity index (χ3n) is 7.05. The lowest BCUT2D eigenvalue weighted by molar-refractivity contribution is 0.122. The van der Waals surface area contributed by atoms with Crippen LogP contribution in [0.4, 0.5) is 21.5 Å². The van der Waals surface area contributed by atoms with Gasteiger partial charge in [-0.3, -0.25) is 4.98 Å². The quantitative estimate of drug-likeness (QED) is 0.400. The second-order valence-corrected chi connectivity index (χ2v) is 9.95. The highest BCUT2D eigenvalue weighted by Crippen LogP contribution is 2.48. The van der Waals surface area contributed by atoms with E-state index in [0.29, 0.717) is 5.65 Å². The SMILES string of the molecule is Cc1c(-c2cccc(F)c2)nc2ncccc2c1N1CC(C)(C)c2ncc(N3CCOCC3)cc21. The first-order valence-corrected chi connectivity index (χ1v) is 12.0. The number of ether oxygens (including phenoxy) is 1. The maximum Gasteiger partial charge on any atom is 0.161 e. The number of hydrogen-bond donors (Lipinski definition) is 0. The van der Waals surface area contributed by atoms with Gasteiger partial charge in [0.05, 0.1) is 47.9 Å². The molecule has 0 atom stereocenters. The van der Waals surface area contributed by atoms with Crippen LogP contribution in [0.25, 0.3) is 22.3 Å². The van der Waals surface area contributed by atoms with Gasteiger partial charge in [-0.1, -0.05) is 26.0 Å². The third kappa shape index (κ3) is 3.71. The Labute approximate surface area is 204 Å². The Morgan fingerprint density at radius 1 is 1.03 bits per heavy atom. The average molecular weight is 470 g/mol. The first-order chi connectivity index (χ1) is 16.9. The number of pyridine rings is 3. The van der Waals surface area contributed by atoms with E-state index in [1.54, 1.807) is 12.3 Å². The number of halogens is 1. The largest absolute Gasteiger partial charge is 0.378 e. The summed E-state index contributed by atoms with van der Waals surface area (Å²) in [6.45, 7) is 10.5. The lowest BCUT2D eigenvalue weighted by atomic mass is 9.91. The number of morpholine rings is 1. The van der Waals surface area contributed by atoms with Crippen molar-refractivity contribution in [3.8, 4) is 11.3 Å². The van der Waals surface area contributed by atoms with E-state index in [-0.39, 0.29) is 11.2 Å². The van der Waals surface area contributed by atoms with Gasteiger partial charge in [0, 0.05) is 42.2 Å². The van der Waals surface area contributed by atoms with Crippen molar-refractivity contribution in [1.82, 2.24) is 15.0 Å². The molecule has 1 saturated heterocycles. The van der Waals surface area contributed by atoms with Crippen molar-refractivity contribution in [2.75, 3.05) is 42.6 Å². The minimum atomic E-state index is -0.279. The van der Waals surface area contributed by atoms with Crippen LogP contribution in [0, 0.1) is 12.7 Å². The minimum absolute atomic E-state index is 0.137. The number of hydrogen-bond acceptors (Lipinski definition) is 6. The van der Waals surface area contributed by atoms with Crippen LogP contribution in [-0.2, 0) is 10.2 Å². The van der Waals surface area contributed by atoms with E-state index in [0.717, 1.165) is 77.8 Å². The van der Waals surface area contributed by atoms with Crippen molar-refractivity contribution in [2.45, 2.75) is 26.2 Å². The molecule has 0 bridgehead atoms. The van der Waals surface area contributed by atoms with Gasteiger partial charge in [0.25, 0.3) is 0 Å². The molecule has 7 heteroatoms. The summed E-state index contributed by atoms with van der Waals surface area (Å²) < 4.78 is 19.7. The smallest absolute Gasteiger partial charge is 0.161 e. The van der Waals surface area contributed by atoms with Crippen molar-refractivity contribution in [3.05, 3.63) is 71.9 Å². The van der Waals surface area contributed by atoms with Crippen molar-refractivity contribution >= 4 is 28.1 Å². The Balaban J connectivity index is 1.57. The Morgan fingerprint density at radius 3 is 2.66 bits per heavy atom. The van der Waals surface area contributed by atoms with Crippen molar-refractivity contribution in [2.24, 2.45) is 0 Å². The molecule has 0 saturated carbocycles. The zero-order chi connectivity index (χ0) is 24.2. The summed E-state index contributed by atoms with van der Waals surface area (Å²) in [6, 6.07) is 12.9. The van der Waals surface area contributed by atoms with Crippen LogP contribution in [0.2, 0.25) is 0 Å². The third-order valence-corrected chi connectivity index (χ3v) is 7.05. The molecule has 2 aliphatic rings. The molecule has 1 aromatic carbocycles. The first kappa shape index (κ1) is 21.9. The summed E-state index contributed by atoms with van der Waals surface area (Å²) in [5.74, 6) is -0.279. The van der Waals surface area contributed by atoms with E-state index in [2.05, 4.69) is 47.7 Å². The predicted octanol–water partition coefficient (Wildman–Crippen LogP) is 5.41. The van der Waals surface area contributed by atoms with Crippen molar-refractivity contribution < 1.29 is 9.13 Å². The van der Waals surface area contributed by atoms with Crippen LogP contribution in [0.5, 0.6) is 0 Å². The van der Waals surface area contributed by atoms with Gasteiger partial charge in [-0.15, -0.1) is 0 Å². The molecular weight excluding hydrogens is 441 g/mol. The average Bonchev–Trinajstić information content (AvgIpc) is 3.14. The number of benzene rings is 1. The molecule has 2 aliphatic heterocycles. The van der Waals surface area contributed by atoms with E-state index in [1.165, 1.54) is 12.1 Å². The van der Waals surface area contributed by atoms with Gasteiger partial charge in [-0.05, 0) is 42.8 Å². The lowest BCUT2D eigenvalue weighted by Crippen LogP contribution is -2.36. The number of rotatable bonds is 3. The van der Waals surface area contributed by atoms with E-state index < -0.39 is 0 Å². The molecule has 0 spiro atoms. The van der Waals surface area contributed by atoms with Crippen LogP contribution >= 0.6 is 0 Å². The maximum absolute atomic E-state index is 14.1. The summed E-state index contributed by atoms with van der Waals surface area (Å²) in [4.78, 5) is 19.1. The molecule has 4 aromatic rings. The predicted molar refractivity (Wildman–Crippen MR) is 137 cm³/mol. The zero-order valence-corrected chi connectivity index (χ0v) is 20.3. The zero-order valence-electron chi connectivity index (χ0n) is 20.3. The van der Waals surface area contributed by atoms with E-state index >= 15 is 0 Å². The minimum Gasteiger partial charge on any atom is -0.378 e. The number of anilines is 3. The molecule has 5 heterocycles. The topological polar surface area (TPSA) is 54.4 Å². The summed E-state index contributed by atoms with van der Waals surface area (Å²) >= 11 is 0. The Bertz CT molecular complexity index is 1430. The molecule has 6 rings (SSSR count).